The minimum Gasteiger partial charge on any atom is -0.493 e. The zero-order chi connectivity index (χ0) is 15.1. The van der Waals surface area contributed by atoms with Crippen molar-refractivity contribution in [2.45, 2.75) is 6.54 Å². The summed E-state index contributed by atoms with van der Waals surface area (Å²) in [5.74, 6) is 2.14. The van der Waals surface area contributed by atoms with E-state index in [0.717, 1.165) is 37.6 Å². The summed E-state index contributed by atoms with van der Waals surface area (Å²) in [7, 11) is 5.70. The Bertz CT molecular complexity index is 452. The average molecular weight is 296 g/mol. The second-order valence-electron chi connectivity index (χ2n) is 5.12. The van der Waals surface area contributed by atoms with Crippen LogP contribution in [0.4, 0.5) is 0 Å². The highest BCUT2D eigenvalue weighted by atomic mass is 16.7. The number of hydrogen-bond acceptors (Lipinski definition) is 6. The lowest BCUT2D eigenvalue weighted by Crippen LogP contribution is -2.23. The van der Waals surface area contributed by atoms with Gasteiger partial charge in [0, 0.05) is 19.6 Å². The Balaban J connectivity index is 1.71. The minimum absolute atomic E-state index is 0.252. The van der Waals surface area contributed by atoms with Crippen LogP contribution >= 0.6 is 0 Å². The normalized spacial score (nSPS) is 13.0. The van der Waals surface area contributed by atoms with E-state index in [1.165, 1.54) is 0 Å². The zero-order valence-electron chi connectivity index (χ0n) is 13.0. The molecule has 0 atom stereocenters. The zero-order valence-corrected chi connectivity index (χ0v) is 13.0. The molecule has 6 heteroatoms. The van der Waals surface area contributed by atoms with Crippen molar-refractivity contribution in [3.63, 3.8) is 0 Å². The van der Waals surface area contributed by atoms with Crippen molar-refractivity contribution in [3.05, 3.63) is 17.7 Å². The molecule has 0 saturated carbocycles. The lowest BCUT2D eigenvalue weighted by molar-refractivity contribution is 0.119. The van der Waals surface area contributed by atoms with Crippen molar-refractivity contribution in [2.75, 3.05) is 54.3 Å². The second-order valence-corrected chi connectivity index (χ2v) is 5.12. The quantitative estimate of drug-likeness (QED) is 0.689. The molecule has 0 amide bonds. The van der Waals surface area contributed by atoms with Crippen molar-refractivity contribution < 1.29 is 18.9 Å². The van der Waals surface area contributed by atoms with Crippen molar-refractivity contribution in [2.24, 2.45) is 0 Å². The summed E-state index contributed by atoms with van der Waals surface area (Å²) in [5, 5.41) is 3.34. The van der Waals surface area contributed by atoms with Crippen molar-refractivity contribution >= 4 is 0 Å². The van der Waals surface area contributed by atoms with Gasteiger partial charge >= 0.3 is 0 Å². The summed E-state index contributed by atoms with van der Waals surface area (Å²) < 4.78 is 21.6. The minimum atomic E-state index is 0.252. The van der Waals surface area contributed by atoms with Crippen LogP contribution in [0.2, 0.25) is 0 Å². The molecule has 1 aliphatic heterocycles. The molecular formula is C15H24N2O4. The molecule has 1 heterocycles. The van der Waals surface area contributed by atoms with Gasteiger partial charge in [-0.15, -0.1) is 0 Å². The maximum atomic E-state index is 5.53. The Morgan fingerprint density at radius 3 is 2.86 bits per heavy atom. The monoisotopic (exact) mass is 296 g/mol. The summed E-state index contributed by atoms with van der Waals surface area (Å²) in [4.78, 5) is 2.10. The summed E-state index contributed by atoms with van der Waals surface area (Å²) in [6, 6.07) is 3.94. The van der Waals surface area contributed by atoms with Gasteiger partial charge in [-0.3, -0.25) is 0 Å². The van der Waals surface area contributed by atoms with E-state index < -0.39 is 0 Å². The van der Waals surface area contributed by atoms with Crippen LogP contribution in [0.3, 0.4) is 0 Å². The SMILES string of the molecule is COc1cc(CNCCOCCN(C)C)cc2c1OCO2. The first-order valence-electron chi connectivity index (χ1n) is 7.10. The van der Waals surface area contributed by atoms with E-state index in [9.17, 15) is 0 Å². The number of ether oxygens (including phenoxy) is 4. The standard InChI is InChI=1S/C15H24N2O4/c1-17(2)5-7-19-6-4-16-10-12-8-13(18-3)15-14(9-12)20-11-21-15/h8-9,16H,4-7,10-11H2,1-3H3. The largest absolute Gasteiger partial charge is 0.493 e. The Hall–Kier alpha value is -1.50. The molecule has 1 N–H and O–H groups in total. The van der Waals surface area contributed by atoms with Crippen molar-refractivity contribution in [1.29, 1.82) is 0 Å². The summed E-state index contributed by atoms with van der Waals surface area (Å²) in [5.41, 5.74) is 1.10. The number of rotatable bonds is 9. The van der Waals surface area contributed by atoms with E-state index in [2.05, 4.69) is 10.2 Å². The fraction of sp³-hybridized carbons (Fsp3) is 0.600. The average Bonchev–Trinajstić information content (AvgIpc) is 2.93. The van der Waals surface area contributed by atoms with Crippen LogP contribution in [0, 0.1) is 0 Å². The van der Waals surface area contributed by atoms with Crippen LogP contribution in [0.1, 0.15) is 5.56 Å². The smallest absolute Gasteiger partial charge is 0.231 e. The van der Waals surface area contributed by atoms with Gasteiger partial charge in [0.15, 0.2) is 11.5 Å². The number of nitrogens with one attached hydrogen (secondary N) is 1. The fourth-order valence-electron chi connectivity index (χ4n) is 2.01. The molecular weight excluding hydrogens is 272 g/mol. The molecule has 0 aliphatic carbocycles. The van der Waals surface area contributed by atoms with Gasteiger partial charge in [-0.05, 0) is 31.8 Å². The van der Waals surface area contributed by atoms with Gasteiger partial charge in [-0.25, -0.2) is 0 Å². The van der Waals surface area contributed by atoms with Crippen LogP contribution < -0.4 is 19.5 Å². The highest BCUT2D eigenvalue weighted by Gasteiger charge is 2.19. The maximum Gasteiger partial charge on any atom is 0.231 e. The number of likely N-dealkylation sites (N-methyl/N-ethyl adjacent to an activating group) is 1. The van der Waals surface area contributed by atoms with Gasteiger partial charge in [-0.1, -0.05) is 0 Å². The Morgan fingerprint density at radius 2 is 2.10 bits per heavy atom. The third kappa shape index (κ3) is 4.77. The van der Waals surface area contributed by atoms with Crippen LogP contribution in [0.25, 0.3) is 0 Å². The predicted molar refractivity (Wildman–Crippen MR) is 80.2 cm³/mol. The number of nitrogens with zero attached hydrogens (tertiary/aromatic N) is 1. The fourth-order valence-corrected chi connectivity index (χ4v) is 2.01. The molecule has 0 radical (unpaired) electrons. The number of methoxy groups -OCH3 is 1. The summed E-state index contributed by atoms with van der Waals surface area (Å²) >= 11 is 0. The predicted octanol–water partition coefficient (Wildman–Crippen LogP) is 1.09. The van der Waals surface area contributed by atoms with Crippen LogP contribution in [0.5, 0.6) is 17.2 Å². The van der Waals surface area contributed by atoms with Gasteiger partial charge in [0.05, 0.1) is 20.3 Å². The molecule has 1 aromatic rings. The molecule has 1 aliphatic rings. The Labute approximate surface area is 125 Å². The van der Waals surface area contributed by atoms with Crippen molar-refractivity contribution in [3.8, 4) is 17.2 Å². The van der Waals surface area contributed by atoms with Gasteiger partial charge in [0.1, 0.15) is 0 Å². The van der Waals surface area contributed by atoms with Crippen LogP contribution in [-0.4, -0.2) is 59.2 Å². The first kappa shape index (κ1) is 15.9. The highest BCUT2D eigenvalue weighted by Crippen LogP contribution is 2.41. The lowest BCUT2D eigenvalue weighted by Gasteiger charge is -2.11. The molecule has 0 unspecified atom stereocenters. The summed E-state index contributed by atoms with van der Waals surface area (Å²) in [6.07, 6.45) is 0. The topological polar surface area (TPSA) is 52.2 Å². The van der Waals surface area contributed by atoms with Gasteiger partial charge in [-0.2, -0.15) is 0 Å². The molecule has 21 heavy (non-hydrogen) atoms. The first-order valence-corrected chi connectivity index (χ1v) is 7.10. The molecule has 2 rings (SSSR count). The molecule has 0 spiro atoms. The number of fused-ring (bicyclic) bond motifs is 1. The van der Waals surface area contributed by atoms with Crippen LogP contribution in [0.15, 0.2) is 12.1 Å². The molecule has 0 saturated heterocycles. The highest BCUT2D eigenvalue weighted by molar-refractivity contribution is 5.55. The number of benzene rings is 1. The van der Waals surface area contributed by atoms with E-state index in [-0.39, 0.29) is 6.79 Å². The van der Waals surface area contributed by atoms with Crippen molar-refractivity contribution in [1.82, 2.24) is 10.2 Å². The van der Waals surface area contributed by atoms with E-state index in [4.69, 9.17) is 18.9 Å². The molecule has 118 valence electrons. The lowest BCUT2D eigenvalue weighted by atomic mass is 10.2. The summed E-state index contributed by atoms with van der Waals surface area (Å²) in [6.45, 7) is 4.21. The molecule has 6 nitrogen and oxygen atoms in total. The van der Waals surface area contributed by atoms with Crippen LogP contribution in [-0.2, 0) is 11.3 Å². The van der Waals surface area contributed by atoms with E-state index in [1.807, 2.05) is 26.2 Å². The second kappa shape index (κ2) is 8.07. The van der Waals surface area contributed by atoms with E-state index >= 15 is 0 Å². The Morgan fingerprint density at radius 1 is 1.24 bits per heavy atom. The maximum absolute atomic E-state index is 5.53. The molecule has 0 fully saturated rings. The third-order valence-electron chi connectivity index (χ3n) is 3.15. The Kier molecular flexibility index (Phi) is 6.10. The van der Waals surface area contributed by atoms with E-state index in [0.29, 0.717) is 18.1 Å². The van der Waals surface area contributed by atoms with Gasteiger partial charge < -0.3 is 29.2 Å². The van der Waals surface area contributed by atoms with Gasteiger partial charge in [0.25, 0.3) is 0 Å². The molecule has 1 aromatic carbocycles. The number of hydrogen-bond donors (Lipinski definition) is 1. The van der Waals surface area contributed by atoms with Gasteiger partial charge in [0.2, 0.25) is 12.5 Å². The molecule has 0 bridgehead atoms. The first-order chi connectivity index (χ1) is 10.2. The van der Waals surface area contributed by atoms with E-state index in [1.54, 1.807) is 7.11 Å². The molecule has 0 aromatic heterocycles. The third-order valence-corrected chi connectivity index (χ3v) is 3.15.